The summed E-state index contributed by atoms with van der Waals surface area (Å²) < 4.78 is 107. The lowest BCUT2D eigenvalue weighted by Crippen LogP contribution is -2.65. The molecular formula is C62H102O24. The number of hydrogen-bond acceptors (Lipinski definition) is 24. The van der Waals surface area contributed by atoms with Crippen molar-refractivity contribution >= 4 is 0 Å². The third-order valence-electron chi connectivity index (χ3n) is 22.2. The summed E-state index contributed by atoms with van der Waals surface area (Å²) in [5.41, 5.74) is -1.40. The zero-order valence-corrected chi connectivity index (χ0v) is 52.7. The zero-order valence-electron chi connectivity index (χ0n) is 52.7. The fourth-order valence-corrected chi connectivity index (χ4v) is 17.4. The molecule has 33 atom stereocenters. The van der Waals surface area contributed by atoms with Gasteiger partial charge in [-0.25, -0.2) is 4.89 Å². The highest BCUT2D eigenvalue weighted by atomic mass is 17.2. The van der Waals surface area contributed by atoms with Gasteiger partial charge in [0, 0.05) is 67.7 Å². The number of methoxy groups -OCH3 is 5. The first-order valence-electron chi connectivity index (χ1n) is 32.0. The lowest BCUT2D eigenvalue weighted by molar-refractivity contribution is -0.472. The molecule has 3 saturated carbocycles. The minimum atomic E-state index is -1.48. The third-order valence-corrected chi connectivity index (χ3v) is 22.2. The van der Waals surface area contributed by atoms with Gasteiger partial charge in [-0.3, -0.25) is 0 Å². The van der Waals surface area contributed by atoms with Gasteiger partial charge in [0.05, 0.1) is 85.0 Å². The van der Waals surface area contributed by atoms with Gasteiger partial charge < -0.3 is 106 Å². The van der Waals surface area contributed by atoms with Crippen molar-refractivity contribution in [2.75, 3.05) is 42.2 Å². The fraction of sp³-hybridized carbons (Fsp3) is 0.968. The van der Waals surface area contributed by atoms with Crippen LogP contribution in [0.25, 0.3) is 0 Å². The molecule has 0 aromatic carbocycles. The molecule has 0 radical (unpaired) electrons. The first kappa shape index (κ1) is 66.2. The summed E-state index contributed by atoms with van der Waals surface area (Å²) >= 11 is 0. The first-order valence-corrected chi connectivity index (χ1v) is 32.0. The number of aliphatic hydroxyl groups is 5. The summed E-state index contributed by atoms with van der Waals surface area (Å²) in [5, 5.41) is 58.1. The summed E-state index contributed by atoms with van der Waals surface area (Å²) in [6.45, 7) is 15.3. The quantitative estimate of drug-likeness (QED) is 0.108. The van der Waals surface area contributed by atoms with Crippen LogP contribution >= 0.6 is 0 Å². The van der Waals surface area contributed by atoms with Crippen molar-refractivity contribution in [3.63, 3.8) is 0 Å². The molecule has 1 spiro atoms. The molecule has 11 aliphatic rings. The van der Waals surface area contributed by atoms with Crippen LogP contribution in [0.4, 0.5) is 0 Å². The largest absolute Gasteiger partial charge is 0.393 e. The highest BCUT2D eigenvalue weighted by molar-refractivity contribution is 5.27. The monoisotopic (exact) mass is 1230 g/mol. The van der Waals surface area contributed by atoms with Gasteiger partial charge in [0.1, 0.15) is 61.0 Å². The van der Waals surface area contributed by atoms with Crippen LogP contribution in [0.3, 0.4) is 0 Å². The summed E-state index contributed by atoms with van der Waals surface area (Å²) in [4.78, 5) is 12.3. The van der Waals surface area contributed by atoms with Gasteiger partial charge in [-0.1, -0.05) is 18.6 Å². The van der Waals surface area contributed by atoms with E-state index >= 15 is 0 Å². The predicted octanol–water partition coefficient (Wildman–Crippen LogP) is 4.01. The van der Waals surface area contributed by atoms with Gasteiger partial charge >= 0.3 is 0 Å². The zero-order chi connectivity index (χ0) is 61.4. The van der Waals surface area contributed by atoms with Crippen LogP contribution in [0.2, 0.25) is 0 Å². The normalized spacial score (nSPS) is 53.8. The average molecular weight is 1230 g/mol. The minimum absolute atomic E-state index is 0.00298. The number of allylic oxidation sites excluding steroid dienone is 1. The molecule has 0 aromatic heterocycles. The topological polar surface area (TPSA) is 277 Å². The number of aliphatic hydroxyl groups excluding tert-OH is 3. The molecule has 4 aliphatic carbocycles. The van der Waals surface area contributed by atoms with Crippen LogP contribution in [-0.4, -0.2) is 244 Å². The van der Waals surface area contributed by atoms with E-state index in [4.69, 9.17) is 90.3 Å². The van der Waals surface area contributed by atoms with E-state index in [0.29, 0.717) is 38.0 Å². The van der Waals surface area contributed by atoms with Gasteiger partial charge in [0.15, 0.2) is 31.5 Å². The molecule has 5 N–H and O–H groups in total. The van der Waals surface area contributed by atoms with E-state index in [1.165, 1.54) is 19.8 Å². The maximum atomic E-state index is 12.6. The van der Waals surface area contributed by atoms with Crippen LogP contribution in [0.1, 0.15) is 139 Å². The van der Waals surface area contributed by atoms with Crippen molar-refractivity contribution in [2.45, 2.75) is 315 Å². The molecule has 10 fully saturated rings. The maximum absolute atomic E-state index is 12.6. The van der Waals surface area contributed by atoms with Gasteiger partial charge in [-0.15, -0.1) is 0 Å². The standard InChI is InChI=1S/C62H102O24/c1-29-50(65)56(71-12)57(72-13)58(78-29)83-53-32(4)76-49(25-43(53)69-10)82-52-31(3)75-48(24-42(52)68-9)80-51-30(2)74-46(23-41(51)64)81-54-34(6)84-60(27-45(54)70-11)28-73-44-26-47(77-33(5)55(44)85-86-60)79-35(7)61(66)20-18-40-38-15-14-36-22-37(63)16-19-59(36,8)39(38)17-21-62(40,61)67/h14,29-35,37-58,63-67H,15-28H2,1-13H3/t29-,30-,31-,32-,33-,34-,35+,37+,38-,39+,40+,41+,42+,43+,44-,45-,46+,47+,48+,49+,50+,51-,52-,53-,54-,55-,56+,57-,58+,59+,60+,61+,62-/m1/s1. The Morgan fingerprint density at radius 3 is 1.81 bits per heavy atom. The molecule has 0 bridgehead atoms. The molecule has 86 heavy (non-hydrogen) atoms. The van der Waals surface area contributed by atoms with Crippen molar-refractivity contribution in [2.24, 2.45) is 23.2 Å². The molecule has 0 aromatic rings. The van der Waals surface area contributed by atoms with E-state index in [1.807, 2.05) is 41.5 Å². The summed E-state index contributed by atoms with van der Waals surface area (Å²) in [7, 11) is 7.83. The van der Waals surface area contributed by atoms with Gasteiger partial charge in [0.2, 0.25) is 5.79 Å². The smallest absolute Gasteiger partial charge is 0.228 e. The second-order valence-electron chi connectivity index (χ2n) is 27.2. The maximum Gasteiger partial charge on any atom is 0.228 e. The van der Waals surface area contributed by atoms with Crippen molar-refractivity contribution in [3.8, 4) is 0 Å². The van der Waals surface area contributed by atoms with Crippen molar-refractivity contribution in [1.82, 2.24) is 0 Å². The molecule has 24 nitrogen and oxygen atoms in total. The van der Waals surface area contributed by atoms with E-state index in [1.54, 1.807) is 28.3 Å². The molecule has 7 heterocycles. The molecular weight excluding hydrogens is 1130 g/mol. The van der Waals surface area contributed by atoms with Gasteiger partial charge in [0.25, 0.3) is 0 Å². The van der Waals surface area contributed by atoms with E-state index in [-0.39, 0.29) is 49.2 Å². The molecule has 0 unspecified atom stereocenters. The van der Waals surface area contributed by atoms with E-state index in [2.05, 4.69) is 13.0 Å². The van der Waals surface area contributed by atoms with E-state index in [0.717, 1.165) is 32.1 Å². The predicted molar refractivity (Wildman–Crippen MR) is 299 cm³/mol. The molecule has 7 saturated heterocycles. The Kier molecular flexibility index (Phi) is 20.5. The lowest BCUT2D eigenvalue weighted by Gasteiger charge is -2.58. The SMILES string of the molecule is CO[C@H]1[C@H](O[C@H]2[C@@H](OC)C[C@H](O[C@H]3[C@@H](OC)C[C@H](O[C@H]4[C@@H](O)C[C@H](O[C@@H]5[C@@H](C)O[C@@]6(CO[C@@H]7C[C@H](O[C@@H](C)[C@@]8(O)CC[C@H]9[C@@H]%10CC=C%11C[C@@H](O)CC[C@]%11(C)[C@H]%10CC[C@@]98O)O[C@H](C)[C@H]7OO6)C[C@H]5OC)O[C@@H]4C)O[C@@H]3C)O[C@@H]2C)O[C@H](C)[C@H](O)[C@@H]1OC. The Labute approximate surface area is 506 Å². The minimum Gasteiger partial charge on any atom is -0.393 e. The molecule has 0 amide bonds. The third kappa shape index (κ3) is 12.5. The Morgan fingerprint density at radius 1 is 0.581 bits per heavy atom. The lowest BCUT2D eigenvalue weighted by atomic mass is 9.49. The highest BCUT2D eigenvalue weighted by Crippen LogP contribution is 2.65. The first-order chi connectivity index (χ1) is 41.0. The van der Waals surface area contributed by atoms with Crippen LogP contribution in [0, 0.1) is 23.2 Å². The van der Waals surface area contributed by atoms with E-state index in [9.17, 15) is 25.5 Å². The van der Waals surface area contributed by atoms with Crippen LogP contribution in [0.15, 0.2) is 11.6 Å². The van der Waals surface area contributed by atoms with Crippen LogP contribution in [0.5, 0.6) is 0 Å². The number of rotatable bonds is 16. The Bertz CT molecular complexity index is 2260. The molecule has 494 valence electrons. The molecule has 11 rings (SSSR count). The molecule has 24 heteroatoms. The Morgan fingerprint density at radius 2 is 1.17 bits per heavy atom. The van der Waals surface area contributed by atoms with Crippen LogP contribution < -0.4 is 0 Å². The summed E-state index contributed by atoms with van der Waals surface area (Å²) in [6, 6.07) is 0. The Hall–Kier alpha value is -1.22. The average Bonchev–Trinajstić information content (AvgIpc) is 1.48. The van der Waals surface area contributed by atoms with Gasteiger partial charge in [-0.2, -0.15) is 4.89 Å². The van der Waals surface area contributed by atoms with Crippen LogP contribution in [-0.2, 0) is 90.3 Å². The summed E-state index contributed by atoms with van der Waals surface area (Å²) in [6.07, 6.45) is -7.43. The fourth-order valence-electron chi connectivity index (χ4n) is 17.4. The number of hydrogen-bond donors (Lipinski definition) is 5. The van der Waals surface area contributed by atoms with E-state index < -0.39 is 171 Å². The van der Waals surface area contributed by atoms with Gasteiger partial charge in [-0.05, 0) is 123 Å². The Balaban J connectivity index is 0.644. The second-order valence-corrected chi connectivity index (χ2v) is 27.2. The van der Waals surface area contributed by atoms with Crippen molar-refractivity contribution in [1.29, 1.82) is 0 Å². The van der Waals surface area contributed by atoms with Crippen molar-refractivity contribution < 1.29 is 116 Å². The van der Waals surface area contributed by atoms with Crippen molar-refractivity contribution in [3.05, 3.63) is 11.6 Å². The molecule has 7 aliphatic heterocycles. The highest BCUT2D eigenvalue weighted by Gasteiger charge is 2.68. The number of fused-ring (bicyclic) bond motifs is 6. The summed E-state index contributed by atoms with van der Waals surface area (Å²) in [5.74, 6) is -0.778. The second kappa shape index (κ2) is 26.6. The number of ether oxygens (including phenoxy) is 17.